The third-order valence-electron chi connectivity index (χ3n) is 5.10. The van der Waals surface area contributed by atoms with Crippen molar-refractivity contribution in [2.45, 2.75) is 38.4 Å². The number of fused-ring (bicyclic) bond motifs is 3. The molecule has 0 saturated carbocycles. The van der Waals surface area contributed by atoms with Crippen molar-refractivity contribution in [1.29, 1.82) is 0 Å². The Morgan fingerprint density at radius 2 is 1.92 bits per heavy atom. The Morgan fingerprint density at radius 1 is 1.12 bits per heavy atom. The molecule has 2 unspecified atom stereocenters. The van der Waals surface area contributed by atoms with E-state index >= 15 is 0 Å². The monoisotopic (exact) mass is 330 g/mol. The molecule has 3 heterocycles. The largest absolute Gasteiger partial charge is 0.372 e. The van der Waals surface area contributed by atoms with Crippen molar-refractivity contribution in [1.82, 2.24) is 19.9 Å². The number of hydrogen-bond donors (Lipinski definition) is 2. The van der Waals surface area contributed by atoms with Gasteiger partial charge in [-0.25, -0.2) is 9.37 Å². The molecule has 2 aliphatic rings. The molecule has 2 aromatic heterocycles. The second kappa shape index (κ2) is 5.81. The smallest absolute Gasteiger partial charge is 0.227 e. The zero-order chi connectivity index (χ0) is 16.8. The van der Waals surface area contributed by atoms with Crippen molar-refractivity contribution in [3.05, 3.63) is 16.8 Å². The van der Waals surface area contributed by atoms with Crippen LogP contribution in [-0.4, -0.2) is 59.3 Å². The Labute approximate surface area is 140 Å². The van der Waals surface area contributed by atoms with Crippen molar-refractivity contribution in [3.63, 3.8) is 0 Å². The summed E-state index contributed by atoms with van der Waals surface area (Å²) >= 11 is 0. The first-order valence-corrected chi connectivity index (χ1v) is 8.54. The Hall–Kier alpha value is -2.02. The Morgan fingerprint density at radius 3 is 2.62 bits per heavy atom. The molecule has 1 aliphatic heterocycles. The van der Waals surface area contributed by atoms with Crippen LogP contribution in [0.1, 0.15) is 23.2 Å². The van der Waals surface area contributed by atoms with Crippen LogP contribution in [0.25, 0.3) is 11.0 Å². The predicted molar refractivity (Wildman–Crippen MR) is 93.4 cm³/mol. The van der Waals surface area contributed by atoms with Crippen molar-refractivity contribution in [2.24, 2.45) is 0 Å². The standard InChI is InChI=1S/C17H23FN6/c1-9-10-5-4-6-11(10)14-15(19-2)22-17(23-16(14)20-9)21-13-8-24(3)7-12(13)18/h12-13H,4-8H2,1-3H3,(H2,19,20,21,22,23). The first-order chi connectivity index (χ1) is 11.6. The molecule has 1 saturated heterocycles. The molecule has 7 heteroatoms. The van der Waals surface area contributed by atoms with Gasteiger partial charge in [-0.15, -0.1) is 0 Å². The number of anilines is 2. The lowest BCUT2D eigenvalue weighted by molar-refractivity contribution is 0.314. The van der Waals surface area contributed by atoms with E-state index in [-0.39, 0.29) is 6.04 Å². The lowest BCUT2D eigenvalue weighted by Gasteiger charge is -2.17. The number of rotatable bonds is 3. The van der Waals surface area contributed by atoms with Crippen LogP contribution in [0, 0.1) is 6.92 Å². The van der Waals surface area contributed by atoms with Gasteiger partial charge in [-0.05, 0) is 44.4 Å². The summed E-state index contributed by atoms with van der Waals surface area (Å²) in [7, 11) is 3.77. The number of likely N-dealkylation sites (tertiary alicyclic amines) is 1. The van der Waals surface area contributed by atoms with Gasteiger partial charge in [-0.3, -0.25) is 0 Å². The van der Waals surface area contributed by atoms with Crippen molar-refractivity contribution < 1.29 is 4.39 Å². The predicted octanol–water partition coefficient (Wildman–Crippen LogP) is 1.93. The van der Waals surface area contributed by atoms with E-state index in [4.69, 9.17) is 0 Å². The van der Waals surface area contributed by atoms with Gasteiger partial charge < -0.3 is 15.5 Å². The lowest BCUT2D eigenvalue weighted by Crippen LogP contribution is -2.30. The number of nitrogens with zero attached hydrogens (tertiary/aromatic N) is 4. The fourth-order valence-corrected chi connectivity index (χ4v) is 3.95. The summed E-state index contributed by atoms with van der Waals surface area (Å²) in [6, 6.07) is -0.285. The van der Waals surface area contributed by atoms with Crippen LogP contribution in [0.2, 0.25) is 0 Å². The van der Waals surface area contributed by atoms with Crippen LogP contribution >= 0.6 is 0 Å². The molecule has 2 aromatic rings. The van der Waals surface area contributed by atoms with Gasteiger partial charge in [-0.2, -0.15) is 9.97 Å². The van der Waals surface area contributed by atoms with Gasteiger partial charge in [0.05, 0.1) is 11.4 Å². The number of nitrogens with one attached hydrogen (secondary N) is 2. The molecule has 24 heavy (non-hydrogen) atoms. The lowest BCUT2D eigenvalue weighted by atomic mass is 10.1. The Balaban J connectivity index is 1.77. The van der Waals surface area contributed by atoms with Crippen LogP contribution in [0.5, 0.6) is 0 Å². The second-order valence-electron chi connectivity index (χ2n) is 6.84. The normalized spacial score (nSPS) is 23.7. The van der Waals surface area contributed by atoms with Crippen LogP contribution in [0.4, 0.5) is 16.2 Å². The molecular weight excluding hydrogens is 307 g/mol. The SMILES string of the molecule is CNc1nc(NC2CN(C)CC2F)nc2nc(C)c3c(c12)CCC3. The first-order valence-electron chi connectivity index (χ1n) is 8.54. The molecule has 1 aliphatic carbocycles. The van der Waals surface area contributed by atoms with Gasteiger partial charge >= 0.3 is 0 Å². The summed E-state index contributed by atoms with van der Waals surface area (Å²) in [6.45, 7) is 3.13. The number of alkyl halides is 1. The molecule has 4 rings (SSSR count). The summed E-state index contributed by atoms with van der Waals surface area (Å²) < 4.78 is 14.1. The van der Waals surface area contributed by atoms with Gasteiger partial charge in [0, 0.05) is 25.8 Å². The van der Waals surface area contributed by atoms with Crippen molar-refractivity contribution in [2.75, 3.05) is 37.8 Å². The van der Waals surface area contributed by atoms with E-state index in [1.807, 2.05) is 25.9 Å². The molecule has 0 amide bonds. The summed E-state index contributed by atoms with van der Waals surface area (Å²) in [5.74, 6) is 1.22. The molecule has 6 nitrogen and oxygen atoms in total. The van der Waals surface area contributed by atoms with Gasteiger partial charge in [-0.1, -0.05) is 0 Å². The minimum atomic E-state index is -0.915. The van der Waals surface area contributed by atoms with Gasteiger partial charge in [0.1, 0.15) is 12.0 Å². The minimum absolute atomic E-state index is 0.285. The van der Waals surface area contributed by atoms with E-state index in [1.165, 1.54) is 11.1 Å². The van der Waals surface area contributed by atoms with Crippen LogP contribution in [0.3, 0.4) is 0 Å². The van der Waals surface area contributed by atoms with E-state index in [9.17, 15) is 4.39 Å². The summed E-state index contributed by atoms with van der Waals surface area (Å²) in [4.78, 5) is 15.8. The highest BCUT2D eigenvalue weighted by molar-refractivity contribution is 5.92. The third kappa shape index (κ3) is 2.47. The highest BCUT2D eigenvalue weighted by atomic mass is 19.1. The molecule has 0 aromatic carbocycles. The number of halogens is 1. The fraction of sp³-hybridized carbons (Fsp3) is 0.588. The minimum Gasteiger partial charge on any atom is -0.372 e. The first kappa shape index (κ1) is 15.5. The topological polar surface area (TPSA) is 66.0 Å². The summed E-state index contributed by atoms with van der Waals surface area (Å²) in [5.41, 5.74) is 4.39. The molecule has 1 fully saturated rings. The van der Waals surface area contributed by atoms with E-state index in [1.54, 1.807) is 0 Å². The van der Waals surface area contributed by atoms with E-state index in [0.29, 0.717) is 24.7 Å². The van der Waals surface area contributed by atoms with Crippen LogP contribution in [0.15, 0.2) is 0 Å². The van der Waals surface area contributed by atoms with Crippen molar-refractivity contribution >= 4 is 22.8 Å². The van der Waals surface area contributed by atoms with E-state index in [0.717, 1.165) is 36.2 Å². The third-order valence-corrected chi connectivity index (χ3v) is 5.10. The summed E-state index contributed by atoms with van der Waals surface area (Å²) in [6.07, 6.45) is 2.35. The molecular formula is C17H23FN6. The van der Waals surface area contributed by atoms with Crippen LogP contribution < -0.4 is 10.6 Å². The zero-order valence-corrected chi connectivity index (χ0v) is 14.4. The number of likely N-dealkylation sites (N-methyl/N-ethyl adjacent to an activating group) is 1. The fourth-order valence-electron chi connectivity index (χ4n) is 3.95. The number of aromatic nitrogens is 3. The maximum atomic E-state index is 14.1. The molecule has 0 spiro atoms. The Bertz CT molecular complexity index is 792. The second-order valence-corrected chi connectivity index (χ2v) is 6.84. The summed E-state index contributed by atoms with van der Waals surface area (Å²) in [5, 5.41) is 7.34. The van der Waals surface area contributed by atoms with Gasteiger partial charge in [0.2, 0.25) is 5.95 Å². The van der Waals surface area contributed by atoms with Gasteiger partial charge in [0.25, 0.3) is 0 Å². The van der Waals surface area contributed by atoms with Crippen LogP contribution in [-0.2, 0) is 12.8 Å². The zero-order valence-electron chi connectivity index (χ0n) is 14.4. The highest BCUT2D eigenvalue weighted by Gasteiger charge is 2.31. The van der Waals surface area contributed by atoms with E-state index in [2.05, 4.69) is 25.6 Å². The average Bonchev–Trinajstić information content (AvgIpc) is 3.14. The highest BCUT2D eigenvalue weighted by Crippen LogP contribution is 2.34. The molecule has 0 radical (unpaired) electrons. The molecule has 2 N–H and O–H groups in total. The average molecular weight is 330 g/mol. The molecule has 2 atom stereocenters. The van der Waals surface area contributed by atoms with Crippen molar-refractivity contribution in [3.8, 4) is 0 Å². The molecule has 0 bridgehead atoms. The quantitative estimate of drug-likeness (QED) is 0.896. The number of aryl methyl sites for hydroxylation is 2. The maximum Gasteiger partial charge on any atom is 0.227 e. The number of hydrogen-bond acceptors (Lipinski definition) is 6. The van der Waals surface area contributed by atoms with Gasteiger partial charge in [0.15, 0.2) is 5.65 Å². The molecule has 128 valence electrons. The number of pyridine rings is 1. The Kier molecular flexibility index (Phi) is 3.75. The maximum absolute atomic E-state index is 14.1. The van der Waals surface area contributed by atoms with E-state index < -0.39 is 6.17 Å².